The molecular formula is C13H13ClN2O2. The van der Waals surface area contributed by atoms with Gasteiger partial charge in [-0.3, -0.25) is 4.98 Å². The van der Waals surface area contributed by atoms with Gasteiger partial charge in [-0.15, -0.1) is 0 Å². The van der Waals surface area contributed by atoms with Crippen LogP contribution in [0.15, 0.2) is 24.7 Å². The van der Waals surface area contributed by atoms with Crippen LogP contribution in [0.1, 0.15) is 23.0 Å². The summed E-state index contributed by atoms with van der Waals surface area (Å²) in [4.78, 5) is 18.6. The molecule has 5 heteroatoms. The molecule has 0 fully saturated rings. The Morgan fingerprint density at radius 2 is 2.28 bits per heavy atom. The Morgan fingerprint density at radius 1 is 1.50 bits per heavy atom. The largest absolute Gasteiger partial charge is 0.461 e. The number of esters is 1. The molecule has 0 atom stereocenters. The van der Waals surface area contributed by atoms with E-state index in [0.717, 1.165) is 16.7 Å². The van der Waals surface area contributed by atoms with Crippen LogP contribution in [-0.2, 0) is 4.74 Å². The van der Waals surface area contributed by atoms with Gasteiger partial charge in [0.2, 0.25) is 0 Å². The molecule has 0 saturated carbocycles. The maximum absolute atomic E-state index is 11.7. The Morgan fingerprint density at radius 3 is 2.94 bits per heavy atom. The molecule has 0 unspecified atom stereocenters. The van der Waals surface area contributed by atoms with Crippen LogP contribution in [0.3, 0.4) is 0 Å². The number of ether oxygens (including phenoxy) is 1. The van der Waals surface area contributed by atoms with E-state index in [9.17, 15) is 4.79 Å². The lowest BCUT2D eigenvalue weighted by Gasteiger charge is -2.04. The standard InChI is InChI=1S/C13H13ClN2O2/c1-3-18-13(17)12-8(2)10(6-16-12)9-4-5-15-7-11(9)14/h4-7,16H,3H2,1-2H3. The number of hydrogen-bond donors (Lipinski definition) is 1. The number of nitrogens with one attached hydrogen (secondary N) is 1. The van der Waals surface area contributed by atoms with E-state index >= 15 is 0 Å². The van der Waals surface area contributed by atoms with Crippen LogP contribution in [0, 0.1) is 6.92 Å². The van der Waals surface area contributed by atoms with Crippen molar-refractivity contribution in [1.82, 2.24) is 9.97 Å². The van der Waals surface area contributed by atoms with Crippen molar-refractivity contribution in [1.29, 1.82) is 0 Å². The lowest BCUT2D eigenvalue weighted by molar-refractivity contribution is 0.0519. The third-order valence-corrected chi connectivity index (χ3v) is 2.98. The molecule has 2 rings (SSSR count). The van der Waals surface area contributed by atoms with Crippen LogP contribution >= 0.6 is 11.6 Å². The summed E-state index contributed by atoms with van der Waals surface area (Å²) in [6.07, 6.45) is 4.99. The van der Waals surface area contributed by atoms with Crippen molar-refractivity contribution < 1.29 is 9.53 Å². The molecule has 1 N–H and O–H groups in total. The van der Waals surface area contributed by atoms with E-state index in [1.807, 2.05) is 13.0 Å². The molecule has 94 valence electrons. The van der Waals surface area contributed by atoms with Gasteiger partial charge in [0.15, 0.2) is 0 Å². The zero-order valence-corrected chi connectivity index (χ0v) is 10.9. The predicted octanol–water partition coefficient (Wildman–Crippen LogP) is 3.22. The Labute approximate surface area is 110 Å². The number of rotatable bonds is 3. The van der Waals surface area contributed by atoms with E-state index in [0.29, 0.717) is 17.3 Å². The summed E-state index contributed by atoms with van der Waals surface area (Å²) in [5, 5.41) is 0.551. The smallest absolute Gasteiger partial charge is 0.355 e. The van der Waals surface area contributed by atoms with Crippen molar-refractivity contribution in [3.63, 3.8) is 0 Å². The van der Waals surface area contributed by atoms with Crippen LogP contribution in [0.2, 0.25) is 5.02 Å². The molecule has 0 aliphatic heterocycles. The van der Waals surface area contributed by atoms with Gasteiger partial charge >= 0.3 is 5.97 Å². The summed E-state index contributed by atoms with van der Waals surface area (Å²) in [7, 11) is 0. The van der Waals surface area contributed by atoms with Crippen LogP contribution in [-0.4, -0.2) is 22.5 Å². The fourth-order valence-corrected chi connectivity index (χ4v) is 2.01. The summed E-state index contributed by atoms with van der Waals surface area (Å²) in [5.41, 5.74) is 3.00. The highest BCUT2D eigenvalue weighted by Gasteiger charge is 2.17. The Hall–Kier alpha value is -1.81. The zero-order valence-electron chi connectivity index (χ0n) is 10.2. The zero-order chi connectivity index (χ0) is 13.1. The van der Waals surface area contributed by atoms with Gasteiger partial charge < -0.3 is 9.72 Å². The quantitative estimate of drug-likeness (QED) is 0.866. The summed E-state index contributed by atoms with van der Waals surface area (Å²) >= 11 is 6.09. The predicted molar refractivity (Wildman–Crippen MR) is 69.7 cm³/mol. The molecule has 18 heavy (non-hydrogen) atoms. The van der Waals surface area contributed by atoms with E-state index in [4.69, 9.17) is 16.3 Å². The molecule has 4 nitrogen and oxygen atoms in total. The molecule has 0 radical (unpaired) electrons. The molecule has 0 aliphatic carbocycles. The Balaban J connectivity index is 2.43. The minimum absolute atomic E-state index is 0.350. The second-order valence-corrected chi connectivity index (χ2v) is 4.19. The van der Waals surface area contributed by atoms with E-state index in [-0.39, 0.29) is 5.97 Å². The van der Waals surface area contributed by atoms with Gasteiger partial charge in [-0.2, -0.15) is 0 Å². The first-order valence-corrected chi connectivity index (χ1v) is 5.98. The molecule has 0 saturated heterocycles. The first-order chi connectivity index (χ1) is 8.65. The monoisotopic (exact) mass is 264 g/mol. The van der Waals surface area contributed by atoms with Gasteiger partial charge in [0.1, 0.15) is 5.69 Å². The third kappa shape index (κ3) is 2.24. The molecule has 2 aromatic rings. The number of aromatic nitrogens is 2. The second kappa shape index (κ2) is 5.23. The minimum atomic E-state index is -0.355. The first kappa shape index (κ1) is 12.6. The lowest BCUT2D eigenvalue weighted by Crippen LogP contribution is -2.06. The fourth-order valence-electron chi connectivity index (χ4n) is 1.78. The highest BCUT2D eigenvalue weighted by atomic mass is 35.5. The third-order valence-electron chi connectivity index (χ3n) is 2.68. The van der Waals surface area contributed by atoms with Crippen molar-refractivity contribution in [3.05, 3.63) is 40.9 Å². The molecule has 0 aliphatic rings. The van der Waals surface area contributed by atoms with Crippen LogP contribution in [0.5, 0.6) is 0 Å². The maximum Gasteiger partial charge on any atom is 0.355 e. The number of nitrogens with zero attached hydrogens (tertiary/aromatic N) is 1. The summed E-state index contributed by atoms with van der Waals surface area (Å²) < 4.78 is 4.97. The van der Waals surface area contributed by atoms with Gasteiger partial charge in [-0.25, -0.2) is 4.79 Å². The first-order valence-electron chi connectivity index (χ1n) is 5.60. The van der Waals surface area contributed by atoms with E-state index in [2.05, 4.69) is 9.97 Å². The average Bonchev–Trinajstić information content (AvgIpc) is 2.72. The highest BCUT2D eigenvalue weighted by Crippen LogP contribution is 2.31. The molecular weight excluding hydrogens is 252 g/mol. The molecule has 2 heterocycles. The van der Waals surface area contributed by atoms with Crippen molar-refractivity contribution in [3.8, 4) is 11.1 Å². The van der Waals surface area contributed by atoms with E-state index < -0.39 is 0 Å². The average molecular weight is 265 g/mol. The van der Waals surface area contributed by atoms with Crippen LogP contribution in [0.25, 0.3) is 11.1 Å². The number of aromatic amines is 1. The SMILES string of the molecule is CCOC(=O)c1[nH]cc(-c2ccncc2Cl)c1C. The summed E-state index contributed by atoms with van der Waals surface area (Å²) in [6.45, 7) is 3.98. The van der Waals surface area contributed by atoms with Gasteiger partial charge in [-0.05, 0) is 25.5 Å². The maximum atomic E-state index is 11.7. The number of hydrogen-bond acceptors (Lipinski definition) is 3. The van der Waals surface area contributed by atoms with Crippen LogP contribution in [0.4, 0.5) is 0 Å². The molecule has 2 aromatic heterocycles. The van der Waals surface area contributed by atoms with Crippen LogP contribution < -0.4 is 0 Å². The Bertz CT molecular complexity index is 578. The lowest BCUT2D eigenvalue weighted by atomic mass is 10.1. The second-order valence-electron chi connectivity index (χ2n) is 3.78. The topological polar surface area (TPSA) is 55.0 Å². The van der Waals surface area contributed by atoms with Crippen molar-refractivity contribution in [2.24, 2.45) is 0 Å². The molecule has 0 spiro atoms. The Kier molecular flexibility index (Phi) is 3.67. The minimum Gasteiger partial charge on any atom is -0.461 e. The number of carbonyl (C=O) groups is 1. The van der Waals surface area contributed by atoms with Gasteiger partial charge in [0.05, 0.1) is 11.6 Å². The summed E-state index contributed by atoms with van der Waals surface area (Å²) in [5.74, 6) is -0.355. The number of halogens is 1. The number of H-pyrrole nitrogens is 1. The van der Waals surface area contributed by atoms with Gasteiger partial charge in [0, 0.05) is 29.7 Å². The number of pyridine rings is 1. The fraction of sp³-hybridized carbons (Fsp3) is 0.231. The van der Waals surface area contributed by atoms with Crippen molar-refractivity contribution >= 4 is 17.6 Å². The molecule has 0 amide bonds. The van der Waals surface area contributed by atoms with E-state index in [1.54, 1.807) is 25.5 Å². The normalized spacial score (nSPS) is 10.4. The highest BCUT2D eigenvalue weighted by molar-refractivity contribution is 6.33. The summed E-state index contributed by atoms with van der Waals surface area (Å²) in [6, 6.07) is 1.81. The molecule has 0 aromatic carbocycles. The molecule has 0 bridgehead atoms. The van der Waals surface area contributed by atoms with Crippen molar-refractivity contribution in [2.45, 2.75) is 13.8 Å². The van der Waals surface area contributed by atoms with E-state index in [1.165, 1.54) is 0 Å². The van der Waals surface area contributed by atoms with Crippen molar-refractivity contribution in [2.75, 3.05) is 6.61 Å². The van der Waals surface area contributed by atoms with Gasteiger partial charge in [0.25, 0.3) is 0 Å². The van der Waals surface area contributed by atoms with Gasteiger partial charge in [-0.1, -0.05) is 11.6 Å². The number of carbonyl (C=O) groups excluding carboxylic acids is 1.